The number of Topliss-reactive ketones (excluding diaryl/α,β-unsaturated/α-hetero) is 1. The van der Waals surface area contributed by atoms with E-state index in [-0.39, 0.29) is 40.5 Å². The van der Waals surface area contributed by atoms with Crippen LogP contribution in [0.5, 0.6) is 0 Å². The zero-order chi connectivity index (χ0) is 25.8. The third-order valence-electron chi connectivity index (χ3n) is 11.7. The maximum absolute atomic E-state index is 12.0. The molecule has 5 nitrogen and oxygen atoms in total. The van der Waals surface area contributed by atoms with Crippen LogP contribution in [0, 0.1) is 52.3 Å². The third-order valence-corrected chi connectivity index (χ3v) is 12.5. The van der Waals surface area contributed by atoms with Gasteiger partial charge in [0.2, 0.25) is 0 Å². The Bertz CT molecular complexity index is 886. The molecule has 0 bridgehead atoms. The predicted molar refractivity (Wildman–Crippen MR) is 140 cm³/mol. The van der Waals surface area contributed by atoms with E-state index in [1.807, 2.05) is 0 Å². The van der Waals surface area contributed by atoms with Gasteiger partial charge in [-0.15, -0.1) is 0 Å². The van der Waals surface area contributed by atoms with Crippen molar-refractivity contribution in [3.63, 3.8) is 0 Å². The Morgan fingerprint density at radius 3 is 2.31 bits per heavy atom. The van der Waals surface area contributed by atoms with Crippen LogP contribution in [-0.2, 0) is 14.6 Å². The minimum absolute atomic E-state index is 0.160. The van der Waals surface area contributed by atoms with Crippen molar-refractivity contribution in [3.05, 3.63) is 0 Å². The molecular formula is C29H50O5S. The molecule has 0 aliphatic heterocycles. The molecule has 2 N–H and O–H groups in total. The molecule has 0 aromatic rings. The first kappa shape index (κ1) is 27.6. The number of ketones is 1. The summed E-state index contributed by atoms with van der Waals surface area (Å²) in [6.07, 6.45) is 11.4. The molecule has 0 amide bonds. The standard InChI is InChI=1S/C29H50O5S/c1-6-21-25-16-19(30)12-14-29(25,4)24-13-15-28(3)22(10-11-23(28)26(24)27(21)32)18(2)8-7-9-20(31)17-35(5,33)34/h18-19,21-27,30,32H,6-17H2,1-5H3/t18-,19-,21-,22-,23+,24+,25+,26+,27-,28-,29-/m1/s1. The smallest absolute Gasteiger partial charge is 0.154 e. The lowest BCUT2D eigenvalue weighted by Crippen LogP contribution is -2.62. The highest BCUT2D eigenvalue weighted by atomic mass is 32.2. The number of carbonyl (C=O) groups excluding carboxylic acids is 1. The molecule has 0 saturated heterocycles. The maximum Gasteiger partial charge on any atom is 0.154 e. The lowest BCUT2D eigenvalue weighted by atomic mass is 9.41. The summed E-state index contributed by atoms with van der Waals surface area (Å²) in [5, 5.41) is 22.3. The predicted octanol–water partition coefficient (Wildman–Crippen LogP) is 5.03. The summed E-state index contributed by atoms with van der Waals surface area (Å²) in [5.74, 6) is 2.80. The van der Waals surface area contributed by atoms with Crippen LogP contribution in [0.3, 0.4) is 0 Å². The first-order valence-corrected chi connectivity index (χ1v) is 16.4. The van der Waals surface area contributed by atoms with Crippen LogP contribution in [-0.4, -0.2) is 48.6 Å². The minimum atomic E-state index is -3.24. The first-order valence-electron chi connectivity index (χ1n) is 14.4. The Balaban J connectivity index is 1.47. The Labute approximate surface area is 213 Å². The second kappa shape index (κ2) is 10.0. The Hall–Kier alpha value is -0.460. The van der Waals surface area contributed by atoms with Gasteiger partial charge in [-0.3, -0.25) is 4.79 Å². The normalized spacial score (nSPS) is 46.4. The molecule has 6 heteroatoms. The van der Waals surface area contributed by atoms with Gasteiger partial charge in [0.1, 0.15) is 11.5 Å². The molecule has 0 radical (unpaired) electrons. The van der Waals surface area contributed by atoms with Crippen molar-refractivity contribution in [2.75, 3.05) is 12.0 Å². The molecule has 0 aromatic carbocycles. The Morgan fingerprint density at radius 1 is 1.00 bits per heavy atom. The van der Waals surface area contributed by atoms with Gasteiger partial charge in [-0.25, -0.2) is 8.42 Å². The second-order valence-electron chi connectivity index (χ2n) is 13.6. The van der Waals surface area contributed by atoms with Gasteiger partial charge in [0.05, 0.1) is 12.2 Å². The molecule has 4 rings (SSSR count). The highest BCUT2D eigenvalue weighted by Crippen LogP contribution is 2.69. The van der Waals surface area contributed by atoms with Crippen LogP contribution in [0.1, 0.15) is 98.3 Å². The van der Waals surface area contributed by atoms with Gasteiger partial charge in [-0.05, 0) is 104 Å². The van der Waals surface area contributed by atoms with Gasteiger partial charge in [0, 0.05) is 12.7 Å². The van der Waals surface area contributed by atoms with Gasteiger partial charge in [0.15, 0.2) is 9.84 Å². The fraction of sp³-hybridized carbons (Fsp3) is 0.966. The average molecular weight is 511 g/mol. The molecule has 0 spiro atoms. The number of carbonyl (C=O) groups is 1. The highest BCUT2D eigenvalue weighted by molar-refractivity contribution is 7.91. The van der Waals surface area contributed by atoms with Gasteiger partial charge < -0.3 is 10.2 Å². The minimum Gasteiger partial charge on any atom is -0.393 e. The van der Waals surface area contributed by atoms with E-state index in [0.717, 1.165) is 44.8 Å². The maximum atomic E-state index is 12.0. The molecular weight excluding hydrogens is 460 g/mol. The van der Waals surface area contributed by atoms with Crippen molar-refractivity contribution in [3.8, 4) is 0 Å². The molecule has 4 saturated carbocycles. The van der Waals surface area contributed by atoms with Crippen molar-refractivity contribution in [2.24, 2.45) is 52.3 Å². The zero-order valence-corrected chi connectivity index (χ0v) is 23.5. The van der Waals surface area contributed by atoms with E-state index in [0.29, 0.717) is 41.9 Å². The van der Waals surface area contributed by atoms with Gasteiger partial charge in [-0.1, -0.05) is 40.5 Å². The number of fused-ring (bicyclic) bond motifs is 5. The summed E-state index contributed by atoms with van der Waals surface area (Å²) >= 11 is 0. The lowest BCUT2D eigenvalue weighted by molar-refractivity contribution is -0.203. The molecule has 0 heterocycles. The molecule has 35 heavy (non-hydrogen) atoms. The molecule has 4 aliphatic rings. The van der Waals surface area contributed by atoms with Gasteiger partial charge >= 0.3 is 0 Å². The van der Waals surface area contributed by atoms with E-state index >= 15 is 0 Å². The molecule has 4 fully saturated rings. The number of rotatable bonds is 8. The van der Waals surface area contributed by atoms with E-state index in [4.69, 9.17) is 0 Å². The third kappa shape index (κ3) is 5.02. The van der Waals surface area contributed by atoms with E-state index < -0.39 is 9.84 Å². The fourth-order valence-electron chi connectivity index (χ4n) is 10.1. The van der Waals surface area contributed by atoms with E-state index in [1.165, 1.54) is 25.7 Å². The molecule has 11 atom stereocenters. The highest BCUT2D eigenvalue weighted by Gasteiger charge is 2.64. The van der Waals surface area contributed by atoms with E-state index in [1.54, 1.807) is 0 Å². The van der Waals surface area contributed by atoms with Crippen LogP contribution >= 0.6 is 0 Å². The number of aliphatic hydroxyl groups is 2. The number of aliphatic hydroxyl groups excluding tert-OH is 2. The second-order valence-corrected chi connectivity index (χ2v) is 15.7. The molecule has 4 aliphatic carbocycles. The van der Waals surface area contributed by atoms with Crippen molar-refractivity contribution in [2.45, 2.75) is 111 Å². The number of hydrogen-bond acceptors (Lipinski definition) is 5. The number of hydrogen-bond donors (Lipinski definition) is 2. The van der Waals surface area contributed by atoms with Crippen molar-refractivity contribution < 1.29 is 23.4 Å². The van der Waals surface area contributed by atoms with Crippen molar-refractivity contribution in [1.29, 1.82) is 0 Å². The fourth-order valence-corrected chi connectivity index (χ4v) is 10.8. The van der Waals surface area contributed by atoms with Crippen LogP contribution in [0.25, 0.3) is 0 Å². The quantitative estimate of drug-likeness (QED) is 0.478. The summed E-state index contributed by atoms with van der Waals surface area (Å²) in [5.41, 5.74) is 0.461. The van der Waals surface area contributed by atoms with Crippen LogP contribution < -0.4 is 0 Å². The van der Waals surface area contributed by atoms with Crippen LogP contribution in [0.4, 0.5) is 0 Å². The Morgan fingerprint density at radius 2 is 1.66 bits per heavy atom. The number of sulfone groups is 1. The topological polar surface area (TPSA) is 91.7 Å². The Kier molecular flexibility index (Phi) is 7.89. The zero-order valence-electron chi connectivity index (χ0n) is 22.7. The first-order chi connectivity index (χ1) is 16.3. The van der Waals surface area contributed by atoms with Crippen molar-refractivity contribution >= 4 is 15.6 Å². The van der Waals surface area contributed by atoms with E-state index in [9.17, 15) is 23.4 Å². The van der Waals surface area contributed by atoms with Gasteiger partial charge in [-0.2, -0.15) is 0 Å². The largest absolute Gasteiger partial charge is 0.393 e. The molecule has 202 valence electrons. The summed E-state index contributed by atoms with van der Waals surface area (Å²) in [4.78, 5) is 12.0. The summed E-state index contributed by atoms with van der Waals surface area (Å²) in [7, 11) is -3.24. The summed E-state index contributed by atoms with van der Waals surface area (Å²) < 4.78 is 22.8. The molecule has 0 unspecified atom stereocenters. The monoisotopic (exact) mass is 510 g/mol. The lowest BCUT2D eigenvalue weighted by Gasteiger charge is -2.64. The SMILES string of the molecule is CC[C@H]1[C@@H](O)[C@@H]2[C@H](CC[C@]3(C)[C@@H]([C@H](C)CCCC(=O)CS(C)(=O)=O)CC[C@@H]23)[C@@]2(C)CC[C@@H](O)C[C@@H]12. The average Bonchev–Trinajstić information content (AvgIpc) is 3.11. The van der Waals surface area contributed by atoms with Crippen LogP contribution in [0.15, 0.2) is 0 Å². The summed E-state index contributed by atoms with van der Waals surface area (Å²) in [6.45, 7) is 9.53. The summed E-state index contributed by atoms with van der Waals surface area (Å²) in [6, 6.07) is 0. The van der Waals surface area contributed by atoms with Crippen LogP contribution in [0.2, 0.25) is 0 Å². The van der Waals surface area contributed by atoms with Gasteiger partial charge in [0.25, 0.3) is 0 Å². The van der Waals surface area contributed by atoms with Crippen molar-refractivity contribution in [1.82, 2.24) is 0 Å². The molecule has 0 aromatic heterocycles. The van der Waals surface area contributed by atoms with E-state index in [2.05, 4.69) is 27.7 Å².